The number of nitrogens with one attached hydrogen (secondary N) is 1. The Hall–Kier alpha value is -1.22. The van der Waals surface area contributed by atoms with E-state index in [0.717, 1.165) is 24.1 Å². The maximum absolute atomic E-state index is 10.9. The van der Waals surface area contributed by atoms with Crippen LogP contribution in [0.15, 0.2) is 18.2 Å². The molecule has 1 saturated carbocycles. The Balaban J connectivity index is 2.13. The van der Waals surface area contributed by atoms with Gasteiger partial charge >= 0.3 is 5.97 Å². The molecule has 2 rings (SSSR count). The zero-order chi connectivity index (χ0) is 11.7. The lowest BCUT2D eigenvalue weighted by Crippen LogP contribution is -2.43. The van der Waals surface area contributed by atoms with Crippen LogP contribution in [0.1, 0.15) is 18.4 Å². The van der Waals surface area contributed by atoms with Gasteiger partial charge in [-0.25, -0.2) is 0 Å². The predicted molar refractivity (Wildman–Crippen MR) is 64.0 cm³/mol. The number of aliphatic carboxylic acids is 1. The summed E-state index contributed by atoms with van der Waals surface area (Å²) < 4.78 is 0. The highest BCUT2D eigenvalue weighted by Crippen LogP contribution is 2.34. The van der Waals surface area contributed by atoms with E-state index in [1.165, 1.54) is 0 Å². The number of aryl methyl sites for hydroxylation is 1. The van der Waals surface area contributed by atoms with Gasteiger partial charge in [0.25, 0.3) is 0 Å². The lowest BCUT2D eigenvalue weighted by molar-refractivity contribution is -0.144. The minimum atomic E-state index is -0.728. The summed E-state index contributed by atoms with van der Waals surface area (Å²) >= 11 is 6.07. The Morgan fingerprint density at radius 2 is 2.25 bits per heavy atom. The van der Waals surface area contributed by atoms with Crippen molar-refractivity contribution in [3.05, 3.63) is 28.8 Å². The Labute approximate surface area is 99.4 Å². The minimum absolute atomic E-state index is 0.0103. The fourth-order valence-electron chi connectivity index (χ4n) is 1.97. The molecule has 2 atom stereocenters. The maximum Gasteiger partial charge on any atom is 0.308 e. The number of halogens is 1. The molecule has 1 aliphatic rings. The van der Waals surface area contributed by atoms with E-state index in [4.69, 9.17) is 16.7 Å². The van der Waals surface area contributed by atoms with Gasteiger partial charge in [0.05, 0.1) is 16.6 Å². The summed E-state index contributed by atoms with van der Waals surface area (Å²) in [5.74, 6) is -1.01. The highest BCUT2D eigenvalue weighted by molar-refractivity contribution is 6.33. The second-order valence-electron chi connectivity index (χ2n) is 4.20. The van der Waals surface area contributed by atoms with Crippen LogP contribution in [0.3, 0.4) is 0 Å². The molecule has 3 nitrogen and oxygen atoms in total. The molecular formula is C12H14ClNO2. The van der Waals surface area contributed by atoms with Crippen molar-refractivity contribution in [2.24, 2.45) is 5.92 Å². The predicted octanol–water partition coefficient (Wildman–Crippen LogP) is 2.92. The summed E-state index contributed by atoms with van der Waals surface area (Å²) in [5, 5.41) is 12.8. The van der Waals surface area contributed by atoms with Gasteiger partial charge in [-0.3, -0.25) is 4.79 Å². The molecule has 0 saturated heterocycles. The molecule has 2 N–H and O–H groups in total. The lowest BCUT2D eigenvalue weighted by atomic mass is 9.79. The quantitative estimate of drug-likeness (QED) is 0.853. The summed E-state index contributed by atoms with van der Waals surface area (Å²) in [6.07, 6.45) is 1.64. The molecule has 4 heteroatoms. The number of carboxylic acids is 1. The van der Waals surface area contributed by atoms with E-state index in [-0.39, 0.29) is 12.0 Å². The van der Waals surface area contributed by atoms with Crippen molar-refractivity contribution in [3.63, 3.8) is 0 Å². The first-order chi connectivity index (χ1) is 7.59. The van der Waals surface area contributed by atoms with Gasteiger partial charge in [0.15, 0.2) is 0 Å². The Kier molecular flexibility index (Phi) is 3.06. The number of carboxylic acid groups (broad SMARTS) is 1. The van der Waals surface area contributed by atoms with Gasteiger partial charge in [-0.05, 0) is 31.4 Å². The molecule has 1 fully saturated rings. The molecule has 1 aliphatic carbocycles. The Morgan fingerprint density at radius 1 is 1.50 bits per heavy atom. The van der Waals surface area contributed by atoms with Crippen LogP contribution in [-0.4, -0.2) is 17.1 Å². The second-order valence-corrected chi connectivity index (χ2v) is 4.61. The summed E-state index contributed by atoms with van der Waals surface area (Å²) in [6, 6.07) is 5.67. The Morgan fingerprint density at radius 3 is 2.75 bits per heavy atom. The molecule has 1 aromatic carbocycles. The Bertz CT molecular complexity index is 399. The van der Waals surface area contributed by atoms with Crippen molar-refractivity contribution < 1.29 is 9.90 Å². The van der Waals surface area contributed by atoms with E-state index in [0.29, 0.717) is 5.02 Å². The van der Waals surface area contributed by atoms with E-state index in [1.807, 2.05) is 25.1 Å². The molecule has 1 aromatic rings. The third kappa shape index (κ3) is 2.00. The first-order valence-electron chi connectivity index (χ1n) is 5.34. The number of benzene rings is 1. The first-order valence-corrected chi connectivity index (χ1v) is 5.72. The summed E-state index contributed by atoms with van der Waals surface area (Å²) in [6.45, 7) is 1.96. The van der Waals surface area contributed by atoms with Gasteiger partial charge in [0.2, 0.25) is 0 Å². The second kappa shape index (κ2) is 4.34. The number of para-hydroxylation sites is 1. The van der Waals surface area contributed by atoms with Gasteiger partial charge in [-0.2, -0.15) is 0 Å². The normalized spacial score (nSPS) is 23.6. The van der Waals surface area contributed by atoms with Crippen LogP contribution in [0.25, 0.3) is 0 Å². The monoisotopic (exact) mass is 239 g/mol. The molecule has 0 aromatic heterocycles. The van der Waals surface area contributed by atoms with E-state index >= 15 is 0 Å². The van der Waals surface area contributed by atoms with Crippen molar-refractivity contribution in [1.29, 1.82) is 0 Å². The molecule has 86 valence electrons. The van der Waals surface area contributed by atoms with Crippen LogP contribution >= 0.6 is 11.6 Å². The van der Waals surface area contributed by atoms with Gasteiger partial charge in [-0.15, -0.1) is 0 Å². The van der Waals surface area contributed by atoms with Crippen molar-refractivity contribution >= 4 is 23.3 Å². The fourth-order valence-corrected chi connectivity index (χ4v) is 2.24. The number of hydrogen-bond donors (Lipinski definition) is 2. The molecule has 0 heterocycles. The fraction of sp³-hybridized carbons (Fsp3) is 0.417. The van der Waals surface area contributed by atoms with E-state index < -0.39 is 5.97 Å². The SMILES string of the molecule is Cc1cccc(Cl)c1NC1CCC1C(=O)O. The van der Waals surface area contributed by atoms with Crippen LogP contribution < -0.4 is 5.32 Å². The zero-order valence-electron chi connectivity index (χ0n) is 9.03. The first kappa shape index (κ1) is 11.3. The number of rotatable bonds is 3. The van der Waals surface area contributed by atoms with E-state index in [1.54, 1.807) is 0 Å². The van der Waals surface area contributed by atoms with Gasteiger partial charge < -0.3 is 10.4 Å². The third-order valence-electron chi connectivity index (χ3n) is 3.14. The topological polar surface area (TPSA) is 49.3 Å². The average Bonchev–Trinajstić information content (AvgIpc) is 2.14. The number of carbonyl (C=O) groups is 1. The van der Waals surface area contributed by atoms with E-state index in [2.05, 4.69) is 5.32 Å². The smallest absolute Gasteiger partial charge is 0.308 e. The third-order valence-corrected chi connectivity index (χ3v) is 3.46. The molecule has 0 spiro atoms. The molecule has 0 bridgehead atoms. The van der Waals surface area contributed by atoms with Crippen molar-refractivity contribution in [1.82, 2.24) is 0 Å². The largest absolute Gasteiger partial charge is 0.481 e. The van der Waals surface area contributed by atoms with Crippen LogP contribution in [0.5, 0.6) is 0 Å². The average molecular weight is 240 g/mol. The summed E-state index contributed by atoms with van der Waals surface area (Å²) in [7, 11) is 0. The van der Waals surface area contributed by atoms with E-state index in [9.17, 15) is 4.79 Å². The molecular weight excluding hydrogens is 226 g/mol. The highest BCUT2D eigenvalue weighted by Gasteiger charge is 2.36. The lowest BCUT2D eigenvalue weighted by Gasteiger charge is -2.35. The maximum atomic E-state index is 10.9. The van der Waals surface area contributed by atoms with Crippen LogP contribution in [0.4, 0.5) is 5.69 Å². The molecule has 16 heavy (non-hydrogen) atoms. The standard InChI is InChI=1S/C12H14ClNO2/c1-7-3-2-4-9(13)11(7)14-10-6-5-8(10)12(15)16/h2-4,8,10,14H,5-6H2,1H3,(H,15,16). The van der Waals surface area contributed by atoms with Crippen LogP contribution in [0.2, 0.25) is 5.02 Å². The zero-order valence-corrected chi connectivity index (χ0v) is 9.79. The molecule has 0 radical (unpaired) electrons. The van der Waals surface area contributed by atoms with Crippen molar-refractivity contribution in [3.8, 4) is 0 Å². The summed E-state index contributed by atoms with van der Waals surface area (Å²) in [4.78, 5) is 10.9. The number of anilines is 1. The summed E-state index contributed by atoms with van der Waals surface area (Å²) in [5.41, 5.74) is 1.91. The van der Waals surface area contributed by atoms with Crippen molar-refractivity contribution in [2.45, 2.75) is 25.8 Å². The van der Waals surface area contributed by atoms with Gasteiger partial charge in [0, 0.05) is 6.04 Å². The molecule has 0 aliphatic heterocycles. The minimum Gasteiger partial charge on any atom is -0.481 e. The molecule has 2 unspecified atom stereocenters. The highest BCUT2D eigenvalue weighted by atomic mass is 35.5. The molecule has 0 amide bonds. The van der Waals surface area contributed by atoms with Crippen LogP contribution in [0, 0.1) is 12.8 Å². The number of hydrogen-bond acceptors (Lipinski definition) is 2. The van der Waals surface area contributed by atoms with Gasteiger partial charge in [0.1, 0.15) is 0 Å². The van der Waals surface area contributed by atoms with Gasteiger partial charge in [-0.1, -0.05) is 23.7 Å². The van der Waals surface area contributed by atoms with Crippen molar-refractivity contribution in [2.75, 3.05) is 5.32 Å². The van der Waals surface area contributed by atoms with Crippen LogP contribution in [-0.2, 0) is 4.79 Å².